The van der Waals surface area contributed by atoms with Crippen LogP contribution in [0.2, 0.25) is 0 Å². The minimum absolute atomic E-state index is 0.0965. The van der Waals surface area contributed by atoms with Crippen LogP contribution in [0, 0.1) is 19.8 Å². The van der Waals surface area contributed by atoms with Crippen LogP contribution in [0.4, 0.5) is 0 Å². The maximum atomic E-state index is 13.4. The minimum atomic E-state index is 0.0965. The van der Waals surface area contributed by atoms with E-state index in [1.54, 1.807) is 14.2 Å². The summed E-state index contributed by atoms with van der Waals surface area (Å²) in [5.74, 6) is 1.24. The van der Waals surface area contributed by atoms with Crippen molar-refractivity contribution in [1.82, 2.24) is 19.2 Å². The second-order valence-electron chi connectivity index (χ2n) is 11.9. The van der Waals surface area contributed by atoms with E-state index in [1.807, 2.05) is 12.1 Å². The fourth-order valence-corrected chi connectivity index (χ4v) is 6.61. The average molecular weight is 567 g/mol. The molecular formula is C35H42N4O3. The van der Waals surface area contributed by atoms with E-state index in [0.29, 0.717) is 5.91 Å². The zero-order valence-corrected chi connectivity index (χ0v) is 25.3. The molecule has 1 saturated carbocycles. The highest BCUT2D eigenvalue weighted by Crippen LogP contribution is 2.32. The third-order valence-corrected chi connectivity index (χ3v) is 9.15. The van der Waals surface area contributed by atoms with Gasteiger partial charge < -0.3 is 18.8 Å². The highest BCUT2D eigenvalue weighted by Gasteiger charge is 2.32. The van der Waals surface area contributed by atoms with Crippen molar-refractivity contribution in [2.75, 3.05) is 40.4 Å². The monoisotopic (exact) mass is 566 g/mol. The predicted octanol–water partition coefficient (Wildman–Crippen LogP) is 6.14. The van der Waals surface area contributed by atoms with Gasteiger partial charge in [-0.1, -0.05) is 30.2 Å². The number of ether oxygens (including phenoxy) is 2. The maximum absolute atomic E-state index is 13.4. The van der Waals surface area contributed by atoms with E-state index in [0.717, 1.165) is 86.8 Å². The number of carbonyl (C=O) groups excluding carboxylic acids is 1. The van der Waals surface area contributed by atoms with Crippen LogP contribution >= 0.6 is 0 Å². The molecule has 2 atom stereocenters. The van der Waals surface area contributed by atoms with Crippen molar-refractivity contribution in [3.05, 3.63) is 77.6 Å². The van der Waals surface area contributed by atoms with Crippen LogP contribution < -0.4 is 4.74 Å². The number of rotatable bonds is 7. The second kappa shape index (κ2) is 12.3. The summed E-state index contributed by atoms with van der Waals surface area (Å²) >= 11 is 0. The van der Waals surface area contributed by atoms with Crippen LogP contribution in [0.25, 0.3) is 28.0 Å². The van der Waals surface area contributed by atoms with Gasteiger partial charge in [0, 0.05) is 57.5 Å². The molecule has 42 heavy (non-hydrogen) atoms. The SMILES string of the molecule is COc1ccc(-c2nc3ccc(-c4cc(C)ccc4C)cn3c2CN2CCN(C(=O)[C@@H]3CCC[C@H](OC)C3)CC2)cc1. The smallest absolute Gasteiger partial charge is 0.225 e. The van der Waals surface area contributed by atoms with Gasteiger partial charge in [0.15, 0.2) is 0 Å². The van der Waals surface area contributed by atoms with Crippen LogP contribution in [0.1, 0.15) is 42.5 Å². The van der Waals surface area contributed by atoms with Crippen LogP contribution in [-0.4, -0.2) is 71.6 Å². The van der Waals surface area contributed by atoms with Gasteiger partial charge in [-0.3, -0.25) is 9.69 Å². The molecule has 0 radical (unpaired) electrons. The van der Waals surface area contributed by atoms with Crippen LogP contribution in [0.3, 0.4) is 0 Å². The summed E-state index contributed by atoms with van der Waals surface area (Å²) in [5.41, 5.74) is 9.09. The summed E-state index contributed by atoms with van der Waals surface area (Å²) in [5, 5.41) is 0. The molecule has 2 fully saturated rings. The molecule has 7 nitrogen and oxygen atoms in total. The molecule has 1 amide bonds. The Hall–Kier alpha value is -3.68. The van der Waals surface area contributed by atoms with Gasteiger partial charge in [0.1, 0.15) is 11.4 Å². The van der Waals surface area contributed by atoms with Gasteiger partial charge in [-0.25, -0.2) is 4.98 Å². The fourth-order valence-electron chi connectivity index (χ4n) is 6.61. The number of aromatic nitrogens is 2. The van der Waals surface area contributed by atoms with E-state index in [2.05, 4.69) is 76.7 Å². The first-order valence-electron chi connectivity index (χ1n) is 15.2. The molecular weight excluding hydrogens is 524 g/mol. The number of piperazine rings is 1. The molecule has 4 aromatic rings. The Kier molecular flexibility index (Phi) is 8.31. The first-order chi connectivity index (χ1) is 20.4. The molecule has 0 N–H and O–H groups in total. The molecule has 2 aliphatic rings. The molecule has 6 rings (SSSR count). The number of nitrogens with zero attached hydrogens (tertiary/aromatic N) is 4. The van der Waals surface area contributed by atoms with E-state index in [4.69, 9.17) is 14.5 Å². The van der Waals surface area contributed by atoms with E-state index in [1.165, 1.54) is 22.3 Å². The van der Waals surface area contributed by atoms with Gasteiger partial charge >= 0.3 is 0 Å². The van der Waals surface area contributed by atoms with Crippen molar-refractivity contribution >= 4 is 11.6 Å². The number of aryl methyl sites for hydroxylation is 2. The van der Waals surface area contributed by atoms with Crippen LogP contribution in [0.5, 0.6) is 5.75 Å². The lowest BCUT2D eigenvalue weighted by Crippen LogP contribution is -2.50. The number of carbonyl (C=O) groups is 1. The Morgan fingerprint density at radius 2 is 1.69 bits per heavy atom. The van der Waals surface area contributed by atoms with Crippen molar-refractivity contribution in [3.8, 4) is 28.1 Å². The number of hydrogen-bond acceptors (Lipinski definition) is 5. The summed E-state index contributed by atoms with van der Waals surface area (Å²) in [6.07, 6.45) is 6.42. The molecule has 0 bridgehead atoms. The molecule has 0 unspecified atom stereocenters. The number of fused-ring (bicyclic) bond motifs is 1. The summed E-state index contributed by atoms with van der Waals surface area (Å²) in [4.78, 5) is 23.0. The average Bonchev–Trinajstić information content (AvgIpc) is 3.39. The van der Waals surface area contributed by atoms with Crippen LogP contribution in [-0.2, 0) is 16.1 Å². The maximum Gasteiger partial charge on any atom is 0.225 e. The van der Waals surface area contributed by atoms with Gasteiger partial charge in [-0.15, -0.1) is 0 Å². The number of benzene rings is 2. The first-order valence-corrected chi connectivity index (χ1v) is 15.2. The summed E-state index contributed by atoms with van der Waals surface area (Å²) in [7, 11) is 3.45. The largest absolute Gasteiger partial charge is 0.497 e. The lowest BCUT2D eigenvalue weighted by Gasteiger charge is -2.38. The van der Waals surface area contributed by atoms with Gasteiger partial charge in [-0.2, -0.15) is 0 Å². The fraction of sp³-hybridized carbons (Fsp3) is 0.429. The van der Waals surface area contributed by atoms with Crippen molar-refractivity contribution in [3.63, 3.8) is 0 Å². The van der Waals surface area contributed by atoms with Crippen molar-refractivity contribution in [2.24, 2.45) is 5.92 Å². The summed E-state index contributed by atoms with van der Waals surface area (Å²) in [6.45, 7) is 8.28. The van der Waals surface area contributed by atoms with Gasteiger partial charge in [0.05, 0.1) is 24.6 Å². The van der Waals surface area contributed by atoms with Crippen LogP contribution in [0.15, 0.2) is 60.8 Å². The predicted molar refractivity (Wildman–Crippen MR) is 167 cm³/mol. The molecule has 0 spiro atoms. The van der Waals surface area contributed by atoms with Crippen molar-refractivity contribution in [1.29, 1.82) is 0 Å². The highest BCUT2D eigenvalue weighted by molar-refractivity contribution is 5.79. The zero-order valence-electron chi connectivity index (χ0n) is 25.3. The molecule has 1 aliphatic carbocycles. The molecule has 3 heterocycles. The highest BCUT2D eigenvalue weighted by atomic mass is 16.5. The first kappa shape index (κ1) is 28.4. The standard InChI is InChI=1S/C35H42N4O3/c1-24-8-9-25(2)31(20-24)28-12-15-33-36-34(26-10-13-29(41-3)14-11-26)32(39(33)22-28)23-37-16-18-38(19-17-37)35(40)27-6-5-7-30(21-27)42-4/h8-15,20,22,27,30H,5-7,16-19,21,23H2,1-4H3/t27-,30+/m1/s1. The van der Waals surface area contributed by atoms with Gasteiger partial charge in [0.25, 0.3) is 0 Å². The summed E-state index contributed by atoms with van der Waals surface area (Å²) < 4.78 is 13.3. The Bertz CT molecular complexity index is 1550. The Morgan fingerprint density at radius 3 is 2.43 bits per heavy atom. The normalized spacial score (nSPS) is 19.8. The zero-order chi connectivity index (χ0) is 29.2. The lowest BCUT2D eigenvalue weighted by atomic mass is 9.86. The van der Waals surface area contributed by atoms with Crippen molar-refractivity contribution in [2.45, 2.75) is 52.2 Å². The third kappa shape index (κ3) is 5.81. The van der Waals surface area contributed by atoms with Gasteiger partial charge in [-0.05, 0) is 86.2 Å². The number of amides is 1. The minimum Gasteiger partial charge on any atom is -0.497 e. The Labute approximate surface area is 249 Å². The molecule has 2 aromatic carbocycles. The molecule has 1 saturated heterocycles. The number of imidazole rings is 1. The topological polar surface area (TPSA) is 59.3 Å². The Morgan fingerprint density at radius 1 is 0.929 bits per heavy atom. The number of pyridine rings is 1. The van der Waals surface area contributed by atoms with E-state index >= 15 is 0 Å². The van der Waals surface area contributed by atoms with Gasteiger partial charge in [0.2, 0.25) is 5.91 Å². The van der Waals surface area contributed by atoms with E-state index in [9.17, 15) is 4.79 Å². The Balaban J connectivity index is 1.28. The van der Waals surface area contributed by atoms with Crippen molar-refractivity contribution < 1.29 is 14.3 Å². The second-order valence-corrected chi connectivity index (χ2v) is 11.9. The molecule has 7 heteroatoms. The number of hydrogen-bond donors (Lipinski definition) is 0. The van der Waals surface area contributed by atoms with E-state index < -0.39 is 0 Å². The molecule has 220 valence electrons. The summed E-state index contributed by atoms with van der Waals surface area (Å²) in [6, 6.07) is 19.1. The molecule has 2 aromatic heterocycles. The lowest BCUT2D eigenvalue weighted by molar-refractivity contribution is -0.140. The van der Waals surface area contributed by atoms with E-state index in [-0.39, 0.29) is 12.0 Å². The third-order valence-electron chi connectivity index (χ3n) is 9.15. The molecule has 1 aliphatic heterocycles. The quantitative estimate of drug-likeness (QED) is 0.269. The number of methoxy groups -OCH3 is 2.